The lowest BCUT2D eigenvalue weighted by molar-refractivity contribution is -0.0295. The predicted octanol–water partition coefficient (Wildman–Crippen LogP) is 0.206. The molecule has 2 unspecified atom stereocenters. The smallest absolute Gasteiger partial charge is 0.496 e. The third kappa shape index (κ3) is 12.4. The molecule has 0 N–H and O–H groups in total. The fourth-order valence-electron chi connectivity index (χ4n) is 3.26. The zero-order valence-corrected chi connectivity index (χ0v) is 35.8. The van der Waals surface area contributed by atoms with Gasteiger partial charge in [0.25, 0.3) is 0 Å². The molecule has 0 saturated carbocycles. The number of rotatable bonds is 24. The second-order valence-electron chi connectivity index (χ2n) is 8.79. The van der Waals surface area contributed by atoms with Gasteiger partial charge >= 0.3 is 45.0 Å². The Morgan fingerprint density at radius 1 is 0.500 bits per heavy atom. The normalized spacial score (nSPS) is 15.9. The first-order chi connectivity index (χ1) is 19.6. The standard InChI is InChI=1S/C17H46O16Si9/c1-18-38(19-2,20-3)17-16-37(14,15)30-42(28-35-11,31-39(21-4,22-5)23-6)33-40(24-7,25-8)32-41(26-9,27-34-10)29-36(12)13/h10-11,36H,16-17H2,1-9,12-15H3. The minimum Gasteiger partial charge on any atom is -0.496 e. The highest BCUT2D eigenvalue weighted by atomic mass is 28.6. The molecule has 0 saturated heterocycles. The van der Waals surface area contributed by atoms with Crippen LogP contribution in [-0.4, -0.2) is 145 Å². The van der Waals surface area contributed by atoms with E-state index in [4.69, 9.17) is 80.6 Å². The first-order valence-electron chi connectivity index (χ1n) is 12.3. The fourth-order valence-corrected chi connectivity index (χ4v) is 27.9. The van der Waals surface area contributed by atoms with Crippen LogP contribution in [0.15, 0.2) is 0 Å². The van der Waals surface area contributed by atoms with Crippen LogP contribution in [0.4, 0.5) is 0 Å². The first kappa shape index (κ1) is 42.6. The Morgan fingerprint density at radius 3 is 1.24 bits per heavy atom. The van der Waals surface area contributed by atoms with Gasteiger partial charge in [-0.3, -0.25) is 0 Å². The van der Waals surface area contributed by atoms with Crippen molar-refractivity contribution in [1.29, 1.82) is 0 Å². The van der Waals surface area contributed by atoms with Gasteiger partial charge in [0.05, 0.1) is 0 Å². The van der Waals surface area contributed by atoms with Gasteiger partial charge in [-0.05, 0) is 32.2 Å². The summed E-state index contributed by atoms with van der Waals surface area (Å²) in [4.78, 5) is 0. The molecule has 0 aromatic heterocycles. The monoisotopic (exact) mass is 758 g/mol. The largest absolute Gasteiger partial charge is 0.727 e. The summed E-state index contributed by atoms with van der Waals surface area (Å²) in [6.07, 6.45) is 0. The molecule has 16 nitrogen and oxygen atoms in total. The van der Waals surface area contributed by atoms with Crippen LogP contribution in [0, 0.1) is 12.0 Å². The van der Waals surface area contributed by atoms with E-state index in [-0.39, 0.29) is 0 Å². The quantitative estimate of drug-likeness (QED) is 0.123. The Kier molecular flexibility index (Phi) is 19.5. The van der Waals surface area contributed by atoms with Crippen LogP contribution in [0.25, 0.3) is 0 Å². The first-order valence-corrected chi connectivity index (χ1v) is 28.7. The molecule has 0 rings (SSSR count). The molecule has 0 aromatic rings. The summed E-state index contributed by atoms with van der Waals surface area (Å²) in [5, 5.41) is 0. The van der Waals surface area contributed by atoms with Crippen molar-refractivity contribution in [3.63, 3.8) is 0 Å². The van der Waals surface area contributed by atoms with Gasteiger partial charge in [0.15, 0.2) is 17.4 Å². The lowest BCUT2D eigenvalue weighted by Gasteiger charge is -2.41. The molecule has 0 aliphatic rings. The fraction of sp³-hybridized carbons (Fsp3) is 0.882. The number of hydrogen-bond donors (Lipinski definition) is 0. The van der Waals surface area contributed by atoms with Gasteiger partial charge in [-0.1, -0.05) is 0 Å². The van der Waals surface area contributed by atoms with Gasteiger partial charge in [0.1, 0.15) is 0 Å². The van der Waals surface area contributed by atoms with Gasteiger partial charge in [-0.2, -0.15) is 0 Å². The van der Waals surface area contributed by atoms with Crippen LogP contribution in [0.3, 0.4) is 0 Å². The summed E-state index contributed by atoms with van der Waals surface area (Å²) >= 11 is 0. The summed E-state index contributed by atoms with van der Waals surface area (Å²) in [6.45, 7) is 7.61. The topological polar surface area (TPSA) is 148 Å². The molecular formula is C17H46O16Si9. The highest BCUT2D eigenvalue weighted by Gasteiger charge is 2.70. The molecule has 0 aliphatic heterocycles. The molecule has 0 aliphatic carbocycles. The molecule has 246 valence electrons. The molecule has 0 radical (unpaired) electrons. The summed E-state index contributed by atoms with van der Waals surface area (Å²) in [6, 6.07) is 12.5. The molecular weight excluding hydrogens is 713 g/mol. The molecule has 0 heterocycles. The van der Waals surface area contributed by atoms with Gasteiger partial charge in [-0.15, -0.1) is 12.0 Å². The summed E-state index contributed by atoms with van der Waals surface area (Å²) in [7, 11) is -13.2. The molecule has 0 spiro atoms. The van der Waals surface area contributed by atoms with E-state index in [0.29, 0.717) is 12.1 Å². The third-order valence-corrected chi connectivity index (χ3v) is 28.2. The third-order valence-electron chi connectivity index (χ3n) is 5.37. The lowest BCUT2D eigenvalue weighted by atomic mass is 10.9. The Bertz CT molecular complexity index is 848. The van der Waals surface area contributed by atoms with E-state index >= 15 is 0 Å². The van der Waals surface area contributed by atoms with Crippen LogP contribution in [-0.2, 0) is 68.6 Å². The second-order valence-corrected chi connectivity index (χ2v) is 30.8. The maximum atomic E-state index is 6.67. The Hall–Kier alpha value is 0.552. The second kappa shape index (κ2) is 19.3. The van der Waals surface area contributed by atoms with Crippen molar-refractivity contribution < 1.29 is 68.6 Å². The van der Waals surface area contributed by atoms with Crippen molar-refractivity contribution in [2.75, 3.05) is 64.0 Å². The van der Waals surface area contributed by atoms with Crippen molar-refractivity contribution >= 4 is 80.8 Å². The van der Waals surface area contributed by atoms with Gasteiger partial charge in [0.2, 0.25) is 18.4 Å². The molecule has 0 bridgehead atoms. The zero-order valence-electron chi connectivity index (χ0n) is 26.7. The average Bonchev–Trinajstić information content (AvgIpc) is 2.96. The molecule has 0 aromatic carbocycles. The van der Waals surface area contributed by atoms with Crippen LogP contribution < -0.4 is 0 Å². The van der Waals surface area contributed by atoms with Crippen LogP contribution in [0.1, 0.15) is 0 Å². The van der Waals surface area contributed by atoms with E-state index in [9.17, 15) is 0 Å². The molecule has 0 amide bonds. The van der Waals surface area contributed by atoms with E-state index in [1.54, 1.807) is 0 Å². The highest BCUT2D eigenvalue weighted by Crippen LogP contribution is 2.32. The van der Waals surface area contributed by atoms with Crippen molar-refractivity contribution in [3.05, 3.63) is 0 Å². The van der Waals surface area contributed by atoms with E-state index in [1.165, 1.54) is 64.0 Å². The Balaban J connectivity index is 7.03. The zero-order chi connectivity index (χ0) is 32.7. The Labute approximate surface area is 262 Å². The van der Waals surface area contributed by atoms with Gasteiger partial charge in [0, 0.05) is 70.0 Å². The SMILES string of the molecule is C#[Si]O[Si](OC)(O[SiH](C)C)O[Si](OC)(OC)O[Si](O[Si]#C)(O[Si](C)(C)CC[Si](OC)(OC)OC)O[Si](OC)(OC)OC. The van der Waals surface area contributed by atoms with Gasteiger partial charge in [-0.25, -0.2) is 0 Å². The maximum Gasteiger partial charge on any atom is 0.727 e. The van der Waals surface area contributed by atoms with Crippen molar-refractivity contribution in [2.45, 2.75) is 38.3 Å². The number of hydrogen-bond acceptors (Lipinski definition) is 16. The van der Waals surface area contributed by atoms with E-state index in [0.717, 1.165) is 0 Å². The average molecular weight is 759 g/mol. The van der Waals surface area contributed by atoms with E-state index in [1.807, 2.05) is 26.2 Å². The highest BCUT2D eigenvalue weighted by molar-refractivity contribution is 6.86. The van der Waals surface area contributed by atoms with E-state index < -0.39 is 80.8 Å². The summed E-state index contributed by atoms with van der Waals surface area (Å²) < 4.78 is 93.8. The van der Waals surface area contributed by atoms with Crippen molar-refractivity contribution in [1.82, 2.24) is 0 Å². The molecule has 42 heavy (non-hydrogen) atoms. The van der Waals surface area contributed by atoms with E-state index in [2.05, 4.69) is 0 Å². The predicted molar refractivity (Wildman–Crippen MR) is 167 cm³/mol. The Morgan fingerprint density at radius 2 is 0.881 bits per heavy atom. The van der Waals surface area contributed by atoms with Crippen LogP contribution >= 0.6 is 0 Å². The minimum absolute atomic E-state index is 0.415. The molecule has 0 fully saturated rings. The van der Waals surface area contributed by atoms with Gasteiger partial charge < -0.3 is 68.6 Å². The summed E-state index contributed by atoms with van der Waals surface area (Å²) in [5.41, 5.74) is 0. The van der Waals surface area contributed by atoms with Crippen LogP contribution in [0.5, 0.6) is 0 Å². The minimum atomic E-state index is -4.56. The summed E-state index contributed by atoms with van der Waals surface area (Å²) in [5.74, 6) is 0. The molecule has 25 heteroatoms. The van der Waals surface area contributed by atoms with Crippen LogP contribution in [0.2, 0.25) is 38.3 Å². The molecule has 2 atom stereocenters. The van der Waals surface area contributed by atoms with Crippen molar-refractivity contribution in [3.8, 4) is 12.0 Å². The lowest BCUT2D eigenvalue weighted by Crippen LogP contribution is -2.71. The maximum absolute atomic E-state index is 6.67. The van der Waals surface area contributed by atoms with Crippen molar-refractivity contribution in [2.24, 2.45) is 0 Å².